The van der Waals surface area contributed by atoms with Gasteiger partial charge in [-0.1, -0.05) is 0 Å². The fourth-order valence-corrected chi connectivity index (χ4v) is 2.56. The summed E-state index contributed by atoms with van der Waals surface area (Å²) in [6.45, 7) is 12.8. The third kappa shape index (κ3) is 2.67. The van der Waals surface area contributed by atoms with Gasteiger partial charge in [0.05, 0.1) is 0 Å². The van der Waals surface area contributed by atoms with Crippen molar-refractivity contribution in [2.24, 2.45) is 5.92 Å². The molecule has 1 aliphatic rings. The van der Waals surface area contributed by atoms with Gasteiger partial charge in [-0.05, 0) is 58.2 Å². The van der Waals surface area contributed by atoms with Crippen molar-refractivity contribution in [3.05, 3.63) is 24.0 Å². The topological polar surface area (TPSA) is 8.17 Å². The zero-order valence-corrected chi connectivity index (χ0v) is 11.0. The Hall–Kier alpha value is -0.760. The summed E-state index contributed by atoms with van der Waals surface area (Å²) in [6, 6.07) is 2.19. The van der Waals surface area contributed by atoms with E-state index in [1.165, 1.54) is 31.6 Å². The first-order valence-electron chi connectivity index (χ1n) is 6.32. The maximum Gasteiger partial charge on any atom is 0.0260 e. The van der Waals surface area contributed by atoms with Crippen molar-refractivity contribution in [2.45, 2.75) is 46.2 Å². The molecule has 2 heterocycles. The van der Waals surface area contributed by atoms with Crippen LogP contribution in [0.3, 0.4) is 0 Å². The molecule has 0 spiro atoms. The summed E-state index contributed by atoms with van der Waals surface area (Å²) < 4.78 is 2.34. The van der Waals surface area contributed by atoms with Crippen LogP contribution in [-0.4, -0.2) is 28.1 Å². The Bertz CT molecular complexity index is 346. The molecule has 0 saturated carbocycles. The predicted octanol–water partition coefficient (Wildman–Crippen LogP) is 2.92. The van der Waals surface area contributed by atoms with Crippen LogP contribution in [0.5, 0.6) is 0 Å². The second-order valence-corrected chi connectivity index (χ2v) is 6.16. The zero-order chi connectivity index (χ0) is 11.8. The molecule has 2 nitrogen and oxygen atoms in total. The van der Waals surface area contributed by atoms with Crippen molar-refractivity contribution in [2.75, 3.05) is 13.1 Å². The molecule has 0 radical (unpaired) electrons. The van der Waals surface area contributed by atoms with Gasteiger partial charge in [-0.15, -0.1) is 0 Å². The van der Waals surface area contributed by atoms with E-state index in [0.29, 0.717) is 5.54 Å². The summed E-state index contributed by atoms with van der Waals surface area (Å²) in [5.41, 5.74) is 1.70. The third-order valence-corrected chi connectivity index (χ3v) is 3.60. The van der Waals surface area contributed by atoms with Gasteiger partial charge in [0.15, 0.2) is 0 Å². The maximum atomic E-state index is 2.61. The Labute approximate surface area is 99.3 Å². The van der Waals surface area contributed by atoms with Gasteiger partial charge in [0.1, 0.15) is 0 Å². The highest BCUT2D eigenvalue weighted by Crippen LogP contribution is 2.25. The highest BCUT2D eigenvalue weighted by Gasteiger charge is 2.29. The summed E-state index contributed by atoms with van der Waals surface area (Å²) in [7, 11) is 0. The highest BCUT2D eigenvalue weighted by atomic mass is 15.2. The number of rotatable bonds is 2. The van der Waals surface area contributed by atoms with Crippen LogP contribution in [0.1, 0.15) is 32.8 Å². The molecule has 2 rings (SSSR count). The zero-order valence-electron chi connectivity index (χ0n) is 11.0. The summed E-state index contributed by atoms with van der Waals surface area (Å²) in [5.74, 6) is 0.825. The Kier molecular flexibility index (Phi) is 3.11. The molecule has 2 heteroatoms. The van der Waals surface area contributed by atoms with E-state index in [9.17, 15) is 0 Å². The van der Waals surface area contributed by atoms with Crippen molar-refractivity contribution >= 4 is 0 Å². The van der Waals surface area contributed by atoms with E-state index in [4.69, 9.17) is 0 Å². The number of aromatic nitrogens is 1. The van der Waals surface area contributed by atoms with Crippen LogP contribution in [0.15, 0.2) is 18.5 Å². The Morgan fingerprint density at radius 1 is 1.38 bits per heavy atom. The molecule has 1 saturated heterocycles. The Morgan fingerprint density at radius 3 is 2.62 bits per heavy atom. The fourth-order valence-electron chi connectivity index (χ4n) is 2.56. The molecular formula is C14H24N2. The van der Waals surface area contributed by atoms with Crippen molar-refractivity contribution in [3.8, 4) is 0 Å². The highest BCUT2D eigenvalue weighted by molar-refractivity contribution is 5.07. The molecule has 0 aromatic carbocycles. The van der Waals surface area contributed by atoms with Crippen LogP contribution in [0.25, 0.3) is 0 Å². The average molecular weight is 220 g/mol. The molecule has 0 amide bonds. The van der Waals surface area contributed by atoms with E-state index in [1.807, 2.05) is 0 Å². The Morgan fingerprint density at radius 2 is 2.12 bits per heavy atom. The number of aryl methyl sites for hydroxylation is 1. The lowest BCUT2D eigenvalue weighted by Gasteiger charge is -2.31. The van der Waals surface area contributed by atoms with Crippen molar-refractivity contribution < 1.29 is 0 Å². The maximum absolute atomic E-state index is 2.61. The summed E-state index contributed by atoms with van der Waals surface area (Å²) in [5, 5.41) is 0. The second-order valence-electron chi connectivity index (χ2n) is 6.16. The molecule has 1 aromatic heterocycles. The van der Waals surface area contributed by atoms with Crippen LogP contribution in [-0.2, 0) is 6.54 Å². The number of likely N-dealkylation sites (tertiary alicyclic amines) is 1. The summed E-state index contributed by atoms with van der Waals surface area (Å²) in [6.07, 6.45) is 5.79. The van der Waals surface area contributed by atoms with Gasteiger partial charge in [0, 0.05) is 31.0 Å². The monoisotopic (exact) mass is 220 g/mol. The van der Waals surface area contributed by atoms with Crippen molar-refractivity contribution in [1.82, 2.24) is 9.47 Å². The van der Waals surface area contributed by atoms with Gasteiger partial charge in [-0.3, -0.25) is 4.90 Å². The molecule has 1 aromatic rings. The lowest BCUT2D eigenvalue weighted by atomic mass is 10.1. The first-order chi connectivity index (χ1) is 7.45. The molecule has 1 fully saturated rings. The Balaban J connectivity index is 1.90. The van der Waals surface area contributed by atoms with Gasteiger partial charge < -0.3 is 4.57 Å². The van der Waals surface area contributed by atoms with Gasteiger partial charge in [-0.2, -0.15) is 0 Å². The van der Waals surface area contributed by atoms with Crippen molar-refractivity contribution in [3.63, 3.8) is 0 Å². The molecule has 0 aliphatic carbocycles. The smallest absolute Gasteiger partial charge is 0.0260 e. The van der Waals surface area contributed by atoms with Crippen LogP contribution < -0.4 is 0 Å². The minimum Gasteiger partial charge on any atom is -0.354 e. The minimum atomic E-state index is 0.335. The fraction of sp³-hybridized carbons (Fsp3) is 0.714. The second kappa shape index (κ2) is 4.25. The normalized spacial score (nSPS) is 22.9. The van der Waals surface area contributed by atoms with E-state index < -0.39 is 0 Å². The predicted molar refractivity (Wildman–Crippen MR) is 68.6 cm³/mol. The molecule has 0 unspecified atom stereocenters. The van der Waals surface area contributed by atoms with Crippen LogP contribution in [0.2, 0.25) is 0 Å². The SMILES string of the molecule is Cc1ccn(C[C@H]2CCN(C(C)(C)C)C2)c1. The van der Waals surface area contributed by atoms with E-state index in [1.54, 1.807) is 0 Å². The lowest BCUT2D eigenvalue weighted by molar-refractivity contribution is 0.166. The van der Waals surface area contributed by atoms with Gasteiger partial charge >= 0.3 is 0 Å². The van der Waals surface area contributed by atoms with E-state index in [2.05, 4.69) is 55.6 Å². The number of hydrogen-bond donors (Lipinski definition) is 0. The average Bonchev–Trinajstić information content (AvgIpc) is 2.74. The molecule has 0 N–H and O–H groups in total. The van der Waals surface area contributed by atoms with Crippen LogP contribution in [0.4, 0.5) is 0 Å². The van der Waals surface area contributed by atoms with Crippen molar-refractivity contribution in [1.29, 1.82) is 0 Å². The molecule has 0 bridgehead atoms. The van der Waals surface area contributed by atoms with E-state index in [-0.39, 0.29) is 0 Å². The molecule has 1 aliphatic heterocycles. The first kappa shape index (κ1) is 11.7. The minimum absolute atomic E-state index is 0.335. The van der Waals surface area contributed by atoms with Crippen LogP contribution in [0, 0.1) is 12.8 Å². The number of hydrogen-bond acceptors (Lipinski definition) is 1. The summed E-state index contributed by atoms with van der Waals surface area (Å²) >= 11 is 0. The standard InChI is InChI=1S/C14H24N2/c1-12-5-7-15(9-12)10-13-6-8-16(11-13)14(2,3)4/h5,7,9,13H,6,8,10-11H2,1-4H3/t13-/m1/s1. The van der Waals surface area contributed by atoms with Crippen LogP contribution >= 0.6 is 0 Å². The largest absolute Gasteiger partial charge is 0.354 e. The first-order valence-corrected chi connectivity index (χ1v) is 6.32. The van der Waals surface area contributed by atoms with Gasteiger partial charge in [-0.25, -0.2) is 0 Å². The molecule has 16 heavy (non-hydrogen) atoms. The molecule has 1 atom stereocenters. The summed E-state index contributed by atoms with van der Waals surface area (Å²) in [4.78, 5) is 2.61. The lowest BCUT2D eigenvalue weighted by Crippen LogP contribution is -2.39. The quantitative estimate of drug-likeness (QED) is 0.744. The van der Waals surface area contributed by atoms with E-state index in [0.717, 1.165) is 5.92 Å². The van der Waals surface area contributed by atoms with Gasteiger partial charge in [0.25, 0.3) is 0 Å². The van der Waals surface area contributed by atoms with Gasteiger partial charge in [0.2, 0.25) is 0 Å². The number of nitrogens with zero attached hydrogens (tertiary/aromatic N) is 2. The third-order valence-electron chi connectivity index (χ3n) is 3.60. The van der Waals surface area contributed by atoms with E-state index >= 15 is 0 Å². The molecular weight excluding hydrogens is 196 g/mol. The molecule has 90 valence electrons.